The van der Waals surface area contributed by atoms with Crippen molar-refractivity contribution < 1.29 is 19.1 Å². The van der Waals surface area contributed by atoms with Gasteiger partial charge in [0.15, 0.2) is 0 Å². The van der Waals surface area contributed by atoms with E-state index >= 15 is 0 Å². The van der Waals surface area contributed by atoms with E-state index in [1.807, 2.05) is 0 Å². The first-order chi connectivity index (χ1) is 13.5. The molecule has 0 aliphatic carbocycles. The van der Waals surface area contributed by atoms with Crippen LogP contribution in [0.25, 0.3) is 0 Å². The third kappa shape index (κ3) is 4.33. The van der Waals surface area contributed by atoms with Crippen molar-refractivity contribution in [3.63, 3.8) is 0 Å². The van der Waals surface area contributed by atoms with E-state index in [0.717, 1.165) is 0 Å². The number of rotatable bonds is 5. The minimum absolute atomic E-state index is 0.0368. The van der Waals surface area contributed by atoms with Gasteiger partial charge in [0.25, 0.3) is 5.91 Å². The molecule has 0 spiro atoms. The van der Waals surface area contributed by atoms with Crippen LogP contribution < -0.4 is 14.8 Å². The van der Waals surface area contributed by atoms with E-state index in [2.05, 4.69) is 10.3 Å². The zero-order valence-electron chi connectivity index (χ0n) is 16.3. The van der Waals surface area contributed by atoms with Crippen LogP contribution in [-0.4, -0.2) is 67.0 Å². The minimum Gasteiger partial charge on any atom is -0.497 e. The zero-order chi connectivity index (χ0) is 20.1. The van der Waals surface area contributed by atoms with Crippen molar-refractivity contribution in [2.24, 2.45) is 0 Å². The Morgan fingerprint density at radius 2 is 1.71 bits per heavy atom. The number of piperazine rings is 1. The summed E-state index contributed by atoms with van der Waals surface area (Å²) >= 11 is 0. The molecule has 1 aliphatic heterocycles. The average Bonchev–Trinajstić information content (AvgIpc) is 2.73. The van der Waals surface area contributed by atoms with E-state index in [0.29, 0.717) is 54.7 Å². The van der Waals surface area contributed by atoms with Crippen LogP contribution in [0.5, 0.6) is 11.5 Å². The summed E-state index contributed by atoms with van der Waals surface area (Å²) in [7, 11) is 3.18. The fourth-order valence-corrected chi connectivity index (χ4v) is 3.09. The molecule has 0 atom stereocenters. The molecule has 8 nitrogen and oxygen atoms in total. The minimum atomic E-state index is -0.0775. The number of pyridine rings is 1. The average molecular weight is 384 g/mol. The van der Waals surface area contributed by atoms with E-state index in [9.17, 15) is 9.59 Å². The lowest BCUT2D eigenvalue weighted by molar-refractivity contribution is -0.130. The van der Waals surface area contributed by atoms with Gasteiger partial charge in [-0.05, 0) is 24.3 Å². The van der Waals surface area contributed by atoms with Gasteiger partial charge in [0.1, 0.15) is 17.3 Å². The molecule has 0 saturated carbocycles. The van der Waals surface area contributed by atoms with Crippen LogP contribution in [0.2, 0.25) is 0 Å². The van der Waals surface area contributed by atoms with E-state index in [1.165, 1.54) is 0 Å². The highest BCUT2D eigenvalue weighted by atomic mass is 16.5. The van der Waals surface area contributed by atoms with Gasteiger partial charge in [-0.25, -0.2) is 4.98 Å². The molecule has 2 aromatic rings. The van der Waals surface area contributed by atoms with Crippen molar-refractivity contribution >= 4 is 23.3 Å². The molecular formula is C20H24N4O4. The quantitative estimate of drug-likeness (QED) is 0.850. The van der Waals surface area contributed by atoms with Crippen molar-refractivity contribution in [1.82, 2.24) is 14.8 Å². The maximum atomic E-state index is 12.8. The summed E-state index contributed by atoms with van der Waals surface area (Å²) in [5.74, 6) is 1.80. The van der Waals surface area contributed by atoms with Crippen LogP contribution in [0.1, 0.15) is 17.3 Å². The van der Waals surface area contributed by atoms with Crippen molar-refractivity contribution in [1.29, 1.82) is 0 Å². The second kappa shape index (κ2) is 8.60. The molecule has 2 heterocycles. The third-order valence-corrected chi connectivity index (χ3v) is 4.69. The molecule has 0 unspecified atom stereocenters. The van der Waals surface area contributed by atoms with Crippen molar-refractivity contribution in [2.45, 2.75) is 6.92 Å². The fourth-order valence-electron chi connectivity index (χ4n) is 3.09. The molecule has 1 N–H and O–H groups in total. The number of carbonyl (C=O) groups is 2. The monoisotopic (exact) mass is 384 g/mol. The van der Waals surface area contributed by atoms with Gasteiger partial charge >= 0.3 is 0 Å². The van der Waals surface area contributed by atoms with E-state index in [-0.39, 0.29) is 11.8 Å². The summed E-state index contributed by atoms with van der Waals surface area (Å²) in [5, 5.41) is 3.18. The second-order valence-electron chi connectivity index (χ2n) is 6.42. The number of methoxy groups -OCH3 is 2. The van der Waals surface area contributed by atoms with Crippen molar-refractivity contribution in [3.8, 4) is 11.5 Å². The number of hydrogen-bond acceptors (Lipinski definition) is 6. The maximum Gasteiger partial charge on any atom is 0.254 e. The van der Waals surface area contributed by atoms with Crippen LogP contribution in [0.15, 0.2) is 36.5 Å². The molecule has 1 saturated heterocycles. The van der Waals surface area contributed by atoms with Gasteiger partial charge in [-0.15, -0.1) is 0 Å². The van der Waals surface area contributed by atoms with E-state index in [1.54, 1.807) is 67.5 Å². The van der Waals surface area contributed by atoms with Crippen LogP contribution in [0, 0.1) is 0 Å². The third-order valence-electron chi connectivity index (χ3n) is 4.69. The highest BCUT2D eigenvalue weighted by Crippen LogP contribution is 2.31. The molecular weight excluding hydrogens is 360 g/mol. The molecule has 1 aromatic carbocycles. The van der Waals surface area contributed by atoms with Gasteiger partial charge in [-0.1, -0.05) is 0 Å². The molecule has 148 valence electrons. The first-order valence-electron chi connectivity index (χ1n) is 9.01. The standard InChI is InChI=1S/C20H24N4O4/c1-14(25)23-8-10-24(11-9-23)20(26)15-6-7-21-19(12-15)22-17-13-16(27-2)4-5-18(17)28-3/h4-7,12-13H,8-11H2,1-3H3,(H,21,22). The Hall–Kier alpha value is -3.29. The second-order valence-corrected chi connectivity index (χ2v) is 6.42. The summed E-state index contributed by atoms with van der Waals surface area (Å²) in [4.78, 5) is 32.1. The Morgan fingerprint density at radius 1 is 1.00 bits per heavy atom. The molecule has 0 radical (unpaired) electrons. The first-order valence-corrected chi connectivity index (χ1v) is 9.01. The largest absolute Gasteiger partial charge is 0.497 e. The van der Waals surface area contributed by atoms with Gasteiger partial charge in [-0.3, -0.25) is 9.59 Å². The Kier molecular flexibility index (Phi) is 5.98. The van der Waals surface area contributed by atoms with Gasteiger partial charge in [0.05, 0.1) is 19.9 Å². The van der Waals surface area contributed by atoms with E-state index < -0.39 is 0 Å². The highest BCUT2D eigenvalue weighted by Gasteiger charge is 2.23. The van der Waals surface area contributed by atoms with Crippen LogP contribution >= 0.6 is 0 Å². The molecule has 1 aliphatic rings. The lowest BCUT2D eigenvalue weighted by Gasteiger charge is -2.34. The normalized spacial score (nSPS) is 13.8. The summed E-state index contributed by atoms with van der Waals surface area (Å²) in [5.41, 5.74) is 1.23. The number of amides is 2. The number of aromatic nitrogens is 1. The lowest BCUT2D eigenvalue weighted by Crippen LogP contribution is -2.50. The summed E-state index contributed by atoms with van der Waals surface area (Å²) in [6.45, 7) is 3.70. The molecule has 1 fully saturated rings. The number of nitrogens with zero attached hydrogens (tertiary/aromatic N) is 3. The Labute approximate surface area is 164 Å². The molecule has 3 rings (SSSR count). The number of ether oxygens (including phenoxy) is 2. The van der Waals surface area contributed by atoms with Crippen LogP contribution in [0.4, 0.5) is 11.5 Å². The summed E-state index contributed by atoms with van der Waals surface area (Å²) < 4.78 is 10.6. The Bertz CT molecular complexity index is 863. The van der Waals surface area contributed by atoms with Crippen molar-refractivity contribution in [2.75, 3.05) is 45.7 Å². The molecule has 28 heavy (non-hydrogen) atoms. The lowest BCUT2D eigenvalue weighted by atomic mass is 10.2. The van der Waals surface area contributed by atoms with Gasteiger partial charge in [0, 0.05) is 50.9 Å². The Morgan fingerprint density at radius 3 is 2.36 bits per heavy atom. The van der Waals surface area contributed by atoms with Crippen molar-refractivity contribution in [3.05, 3.63) is 42.1 Å². The first kappa shape index (κ1) is 19.5. The zero-order valence-corrected chi connectivity index (χ0v) is 16.3. The molecule has 1 aromatic heterocycles. The Balaban J connectivity index is 1.74. The molecule has 8 heteroatoms. The molecule has 0 bridgehead atoms. The number of hydrogen-bond donors (Lipinski definition) is 1. The number of carbonyl (C=O) groups excluding carboxylic acids is 2. The van der Waals surface area contributed by atoms with Gasteiger partial charge in [0.2, 0.25) is 5.91 Å². The van der Waals surface area contributed by atoms with E-state index in [4.69, 9.17) is 9.47 Å². The SMILES string of the molecule is COc1ccc(OC)c(Nc2cc(C(=O)N3CCN(C(C)=O)CC3)ccn2)c1. The number of benzene rings is 1. The predicted molar refractivity (Wildman–Crippen MR) is 105 cm³/mol. The maximum absolute atomic E-state index is 12.8. The summed E-state index contributed by atoms with van der Waals surface area (Å²) in [6, 6.07) is 8.80. The number of anilines is 2. The highest BCUT2D eigenvalue weighted by molar-refractivity contribution is 5.95. The smallest absolute Gasteiger partial charge is 0.254 e. The predicted octanol–water partition coefficient (Wildman–Crippen LogP) is 2.15. The van der Waals surface area contributed by atoms with Crippen LogP contribution in [0.3, 0.4) is 0 Å². The topological polar surface area (TPSA) is 84.0 Å². The summed E-state index contributed by atoms with van der Waals surface area (Å²) in [6.07, 6.45) is 1.59. The van der Waals surface area contributed by atoms with Crippen LogP contribution in [-0.2, 0) is 4.79 Å². The molecule has 2 amide bonds. The van der Waals surface area contributed by atoms with Gasteiger partial charge in [-0.2, -0.15) is 0 Å². The number of nitrogens with one attached hydrogen (secondary N) is 1. The fraction of sp³-hybridized carbons (Fsp3) is 0.350. The van der Waals surface area contributed by atoms with Gasteiger partial charge < -0.3 is 24.6 Å².